The molecule has 0 aromatic heterocycles. The standard InChI is InChI=1S/C19H17Cl2F2NO/c20-5-3-12-1-2-14-11-24(6-4-13(14)7-12)19-16(22)8-15(9-17(19)23)18(25)10-21/h1-2,7-9H,3-6,10-11H2. The molecule has 0 bridgehead atoms. The quantitative estimate of drug-likeness (QED) is 0.549. The number of carbonyl (C=O) groups excluding carboxylic acids is 1. The molecule has 1 aliphatic rings. The Balaban J connectivity index is 1.88. The average molecular weight is 384 g/mol. The first-order valence-corrected chi connectivity index (χ1v) is 9.10. The number of Topliss-reactive ketones (excluding diaryl/α,β-unsaturated/α-hetero) is 1. The van der Waals surface area contributed by atoms with Gasteiger partial charge in [-0.2, -0.15) is 0 Å². The number of ketones is 1. The van der Waals surface area contributed by atoms with Crippen LogP contribution in [-0.2, 0) is 19.4 Å². The Kier molecular flexibility index (Phi) is 5.60. The van der Waals surface area contributed by atoms with Crippen molar-refractivity contribution in [1.82, 2.24) is 0 Å². The highest BCUT2D eigenvalue weighted by Gasteiger charge is 2.24. The van der Waals surface area contributed by atoms with Crippen LogP contribution in [0.4, 0.5) is 14.5 Å². The van der Waals surface area contributed by atoms with Crippen LogP contribution in [0.2, 0.25) is 0 Å². The highest BCUT2D eigenvalue weighted by Crippen LogP contribution is 2.30. The van der Waals surface area contributed by atoms with Crippen molar-refractivity contribution in [2.45, 2.75) is 19.4 Å². The number of fused-ring (bicyclic) bond motifs is 1. The van der Waals surface area contributed by atoms with E-state index in [4.69, 9.17) is 23.2 Å². The summed E-state index contributed by atoms with van der Waals surface area (Å²) in [5, 5.41) is 0. The zero-order valence-corrected chi connectivity index (χ0v) is 15.0. The first-order valence-electron chi connectivity index (χ1n) is 8.03. The lowest BCUT2D eigenvalue weighted by Gasteiger charge is -2.31. The lowest BCUT2D eigenvalue weighted by Crippen LogP contribution is -2.32. The zero-order valence-electron chi connectivity index (χ0n) is 13.5. The van der Waals surface area contributed by atoms with Crippen LogP contribution in [0.3, 0.4) is 0 Å². The van der Waals surface area contributed by atoms with Crippen LogP contribution in [0.5, 0.6) is 0 Å². The third-order valence-corrected chi connectivity index (χ3v) is 4.87. The Hall–Kier alpha value is -1.65. The van der Waals surface area contributed by atoms with Gasteiger partial charge in [-0.3, -0.25) is 4.79 Å². The van der Waals surface area contributed by atoms with E-state index in [1.807, 2.05) is 12.1 Å². The van der Waals surface area contributed by atoms with Crippen molar-refractivity contribution in [2.24, 2.45) is 0 Å². The lowest BCUT2D eigenvalue weighted by atomic mass is 9.96. The van der Waals surface area contributed by atoms with Gasteiger partial charge in [0.2, 0.25) is 0 Å². The maximum Gasteiger partial charge on any atom is 0.177 e. The number of benzene rings is 2. The van der Waals surface area contributed by atoms with Crippen molar-refractivity contribution < 1.29 is 13.6 Å². The van der Waals surface area contributed by atoms with Crippen molar-refractivity contribution in [2.75, 3.05) is 23.2 Å². The average Bonchev–Trinajstić information content (AvgIpc) is 2.60. The number of aryl methyl sites for hydroxylation is 1. The Morgan fingerprint density at radius 2 is 1.80 bits per heavy atom. The van der Waals surface area contributed by atoms with Gasteiger partial charge in [-0.15, -0.1) is 23.2 Å². The van der Waals surface area contributed by atoms with E-state index in [9.17, 15) is 13.6 Å². The predicted molar refractivity (Wildman–Crippen MR) is 97.0 cm³/mol. The molecule has 6 heteroatoms. The largest absolute Gasteiger partial charge is 0.362 e. The van der Waals surface area contributed by atoms with Gasteiger partial charge in [-0.25, -0.2) is 8.78 Å². The zero-order chi connectivity index (χ0) is 18.0. The maximum absolute atomic E-state index is 14.4. The summed E-state index contributed by atoms with van der Waals surface area (Å²) in [6.45, 7) is 0.932. The Morgan fingerprint density at radius 3 is 2.44 bits per heavy atom. The molecule has 2 nitrogen and oxygen atoms in total. The number of halogens is 4. The minimum Gasteiger partial charge on any atom is -0.362 e. The molecule has 2 aromatic carbocycles. The second-order valence-corrected chi connectivity index (χ2v) is 6.70. The van der Waals surface area contributed by atoms with E-state index >= 15 is 0 Å². The SMILES string of the molecule is O=C(CCl)c1cc(F)c(N2CCc3cc(CCCl)ccc3C2)c(F)c1. The molecule has 25 heavy (non-hydrogen) atoms. The van der Waals surface area contributed by atoms with Gasteiger partial charge in [-0.05, 0) is 41.7 Å². The van der Waals surface area contributed by atoms with E-state index in [2.05, 4.69) is 6.07 Å². The minimum atomic E-state index is -0.740. The second kappa shape index (κ2) is 7.71. The Morgan fingerprint density at radius 1 is 1.08 bits per heavy atom. The number of hydrogen-bond donors (Lipinski definition) is 0. The van der Waals surface area contributed by atoms with Crippen LogP contribution in [0.15, 0.2) is 30.3 Å². The molecule has 0 unspecified atom stereocenters. The van der Waals surface area contributed by atoms with Crippen molar-refractivity contribution in [1.29, 1.82) is 0 Å². The van der Waals surface area contributed by atoms with Gasteiger partial charge in [0.15, 0.2) is 5.78 Å². The van der Waals surface area contributed by atoms with Gasteiger partial charge < -0.3 is 4.90 Å². The molecular weight excluding hydrogens is 367 g/mol. The van der Waals surface area contributed by atoms with Gasteiger partial charge in [0.05, 0.1) is 5.88 Å². The molecule has 0 N–H and O–H groups in total. The lowest BCUT2D eigenvalue weighted by molar-refractivity contribution is 0.102. The van der Waals surface area contributed by atoms with Gasteiger partial charge in [0, 0.05) is 24.5 Å². The van der Waals surface area contributed by atoms with Gasteiger partial charge in [0.1, 0.15) is 17.3 Å². The summed E-state index contributed by atoms with van der Waals surface area (Å²) in [7, 11) is 0. The fraction of sp³-hybridized carbons (Fsp3) is 0.316. The summed E-state index contributed by atoms with van der Waals surface area (Å²) >= 11 is 11.2. The molecule has 0 fully saturated rings. The van der Waals surface area contributed by atoms with Crippen molar-refractivity contribution in [3.05, 3.63) is 64.2 Å². The number of alkyl halides is 2. The molecule has 0 saturated carbocycles. The molecule has 132 valence electrons. The summed E-state index contributed by atoms with van der Waals surface area (Å²) in [4.78, 5) is 13.2. The topological polar surface area (TPSA) is 20.3 Å². The first kappa shape index (κ1) is 18.2. The molecule has 0 aliphatic carbocycles. The molecule has 0 amide bonds. The van der Waals surface area contributed by atoms with Crippen LogP contribution in [0, 0.1) is 11.6 Å². The molecule has 0 spiro atoms. The third kappa shape index (κ3) is 3.80. The van der Waals surface area contributed by atoms with Crippen molar-refractivity contribution in [3.63, 3.8) is 0 Å². The molecule has 0 saturated heterocycles. The summed E-state index contributed by atoms with van der Waals surface area (Å²) in [5.41, 5.74) is 3.26. The second-order valence-electron chi connectivity index (χ2n) is 6.06. The van der Waals surface area contributed by atoms with Crippen LogP contribution in [-0.4, -0.2) is 24.1 Å². The maximum atomic E-state index is 14.4. The summed E-state index contributed by atoms with van der Waals surface area (Å²) in [6.07, 6.45) is 1.50. The smallest absolute Gasteiger partial charge is 0.177 e. The van der Waals surface area contributed by atoms with E-state index in [0.717, 1.165) is 24.1 Å². The number of nitrogens with zero attached hydrogens (tertiary/aromatic N) is 1. The van der Waals surface area contributed by atoms with Crippen molar-refractivity contribution in [3.8, 4) is 0 Å². The fourth-order valence-electron chi connectivity index (χ4n) is 3.17. The van der Waals surface area contributed by atoms with Crippen LogP contribution < -0.4 is 4.90 Å². The Labute approximate surface area is 155 Å². The van der Waals surface area contributed by atoms with Crippen LogP contribution in [0.25, 0.3) is 0 Å². The predicted octanol–water partition coefficient (Wildman–Crippen LogP) is 4.73. The van der Waals surface area contributed by atoms with Crippen LogP contribution in [0.1, 0.15) is 27.0 Å². The Bertz CT molecular complexity index is 787. The molecule has 1 heterocycles. The summed E-state index contributed by atoms with van der Waals surface area (Å²) in [5.74, 6) is -1.72. The van der Waals surface area contributed by atoms with E-state index in [0.29, 0.717) is 25.4 Å². The highest BCUT2D eigenvalue weighted by atomic mass is 35.5. The van der Waals surface area contributed by atoms with Gasteiger partial charge in [0.25, 0.3) is 0 Å². The fourth-order valence-corrected chi connectivity index (χ4v) is 3.54. The normalized spacial score (nSPS) is 13.7. The first-order chi connectivity index (χ1) is 12.0. The summed E-state index contributed by atoms with van der Waals surface area (Å²) < 4.78 is 28.9. The number of rotatable bonds is 5. The molecule has 3 rings (SSSR count). The number of hydrogen-bond acceptors (Lipinski definition) is 2. The van der Waals surface area contributed by atoms with E-state index in [1.165, 1.54) is 11.1 Å². The number of anilines is 1. The van der Waals surface area contributed by atoms with Gasteiger partial charge in [-0.1, -0.05) is 18.2 Å². The molecular formula is C19H17Cl2F2NO. The third-order valence-electron chi connectivity index (χ3n) is 4.44. The monoisotopic (exact) mass is 383 g/mol. The number of carbonyl (C=O) groups is 1. The van der Waals surface area contributed by atoms with Crippen molar-refractivity contribution >= 4 is 34.7 Å². The molecule has 2 aromatic rings. The van der Waals surface area contributed by atoms with E-state index in [1.54, 1.807) is 4.90 Å². The van der Waals surface area contributed by atoms with Gasteiger partial charge >= 0.3 is 0 Å². The van der Waals surface area contributed by atoms with E-state index in [-0.39, 0.29) is 17.1 Å². The summed E-state index contributed by atoms with van der Waals surface area (Å²) in [6, 6.07) is 8.22. The van der Waals surface area contributed by atoms with E-state index < -0.39 is 17.4 Å². The minimum absolute atomic E-state index is 0.0446. The van der Waals surface area contributed by atoms with Crippen LogP contribution >= 0.6 is 23.2 Å². The molecule has 1 aliphatic heterocycles. The molecule has 0 atom stereocenters. The molecule has 0 radical (unpaired) electrons. The highest BCUT2D eigenvalue weighted by molar-refractivity contribution is 6.30.